The molecule has 0 bridgehead atoms. The second kappa shape index (κ2) is 5.40. The Labute approximate surface area is 126 Å². The summed E-state index contributed by atoms with van der Waals surface area (Å²) in [5, 5.41) is 15.2. The number of benzene rings is 1. The van der Waals surface area contributed by atoms with Crippen LogP contribution in [0.15, 0.2) is 12.1 Å². The van der Waals surface area contributed by atoms with Gasteiger partial charge in [0.1, 0.15) is 0 Å². The van der Waals surface area contributed by atoms with Crippen molar-refractivity contribution in [2.75, 3.05) is 17.2 Å². The number of amides is 1. The molecule has 0 radical (unpaired) electrons. The molecular weight excluding hydrogens is 327 g/mol. The number of phenolic OH excluding ortho intramolecular Hbond substituents is 1. The third-order valence-corrected chi connectivity index (χ3v) is 4.41. The molecule has 1 aromatic rings. The van der Waals surface area contributed by atoms with Crippen LogP contribution in [0.3, 0.4) is 0 Å². The van der Waals surface area contributed by atoms with Crippen LogP contribution >= 0.6 is 23.2 Å². The number of hydrogen-bond acceptors (Lipinski definition) is 4. The molecule has 0 spiro atoms. The maximum Gasteiger partial charge on any atom is 0.227 e. The van der Waals surface area contributed by atoms with Gasteiger partial charge in [0.2, 0.25) is 15.9 Å². The van der Waals surface area contributed by atoms with Crippen molar-refractivity contribution in [1.82, 2.24) is 0 Å². The number of anilines is 1. The average Bonchev–Trinajstić information content (AvgIpc) is 2.62. The van der Waals surface area contributed by atoms with Crippen molar-refractivity contribution in [2.45, 2.75) is 6.42 Å². The number of phenols is 1. The van der Waals surface area contributed by atoms with E-state index in [1.807, 2.05) is 0 Å². The molecule has 1 heterocycles. The van der Waals surface area contributed by atoms with Gasteiger partial charge in [0.25, 0.3) is 0 Å². The molecule has 0 aliphatic carbocycles. The van der Waals surface area contributed by atoms with Gasteiger partial charge in [0, 0.05) is 23.9 Å². The Morgan fingerprint density at radius 2 is 2.05 bits per heavy atom. The van der Waals surface area contributed by atoms with Crippen LogP contribution in [0.25, 0.3) is 0 Å². The SMILES string of the molecule is NS(=O)(=O)CC1CC(=O)N(c2cc(Cl)cc(Cl)c2O)C1. The van der Waals surface area contributed by atoms with Crippen LogP contribution in [0.5, 0.6) is 5.75 Å². The van der Waals surface area contributed by atoms with Crippen molar-refractivity contribution in [3.05, 3.63) is 22.2 Å². The predicted octanol–water partition coefficient (Wildman–Crippen LogP) is 1.34. The standard InChI is InChI=1S/C11H12Cl2N2O4S/c12-7-2-8(13)11(17)9(3-7)15-4-6(1-10(15)16)5-20(14,18)19/h2-3,6,17H,1,4-5H2,(H2,14,18,19). The zero-order valence-corrected chi connectivity index (χ0v) is 12.5. The first-order chi connectivity index (χ1) is 9.17. The lowest BCUT2D eigenvalue weighted by molar-refractivity contribution is -0.117. The Morgan fingerprint density at radius 1 is 1.40 bits per heavy atom. The number of primary sulfonamides is 1. The van der Waals surface area contributed by atoms with E-state index < -0.39 is 15.9 Å². The Kier molecular flexibility index (Phi) is 4.15. The second-order valence-corrected chi connectivity index (χ2v) is 7.16. The number of aromatic hydroxyl groups is 1. The summed E-state index contributed by atoms with van der Waals surface area (Å²) < 4.78 is 22.1. The van der Waals surface area contributed by atoms with Gasteiger partial charge in [-0.1, -0.05) is 23.2 Å². The van der Waals surface area contributed by atoms with E-state index in [2.05, 4.69) is 0 Å². The van der Waals surface area contributed by atoms with Crippen molar-refractivity contribution in [3.8, 4) is 5.75 Å². The van der Waals surface area contributed by atoms with Gasteiger partial charge in [0.15, 0.2) is 5.75 Å². The van der Waals surface area contributed by atoms with Crippen LogP contribution in [0.4, 0.5) is 5.69 Å². The Morgan fingerprint density at radius 3 is 2.65 bits per heavy atom. The van der Waals surface area contributed by atoms with E-state index in [-0.39, 0.29) is 46.1 Å². The maximum absolute atomic E-state index is 11.9. The quantitative estimate of drug-likeness (QED) is 0.868. The van der Waals surface area contributed by atoms with E-state index in [9.17, 15) is 18.3 Å². The lowest BCUT2D eigenvalue weighted by Gasteiger charge is -2.19. The van der Waals surface area contributed by atoms with Crippen LogP contribution < -0.4 is 10.0 Å². The fourth-order valence-corrected chi connectivity index (χ4v) is 3.58. The minimum Gasteiger partial charge on any atom is -0.504 e. The number of sulfonamides is 1. The van der Waals surface area contributed by atoms with Gasteiger partial charge in [-0.2, -0.15) is 0 Å². The zero-order chi connectivity index (χ0) is 15.1. The molecule has 1 aliphatic heterocycles. The summed E-state index contributed by atoms with van der Waals surface area (Å²) in [4.78, 5) is 13.2. The first kappa shape index (κ1) is 15.4. The van der Waals surface area contributed by atoms with Gasteiger partial charge in [-0.3, -0.25) is 4.79 Å². The molecule has 20 heavy (non-hydrogen) atoms. The number of halogens is 2. The van der Waals surface area contributed by atoms with Gasteiger partial charge in [-0.15, -0.1) is 0 Å². The van der Waals surface area contributed by atoms with Gasteiger partial charge in [-0.25, -0.2) is 13.6 Å². The molecule has 110 valence electrons. The molecule has 1 saturated heterocycles. The average molecular weight is 339 g/mol. The maximum atomic E-state index is 11.9. The lowest BCUT2D eigenvalue weighted by Crippen LogP contribution is -2.27. The van der Waals surface area contributed by atoms with Gasteiger partial charge in [-0.05, 0) is 12.1 Å². The molecule has 6 nitrogen and oxygen atoms in total. The highest BCUT2D eigenvalue weighted by Gasteiger charge is 2.34. The van der Waals surface area contributed by atoms with Crippen molar-refractivity contribution in [1.29, 1.82) is 0 Å². The highest BCUT2D eigenvalue weighted by atomic mass is 35.5. The molecular formula is C11H12Cl2N2O4S. The largest absolute Gasteiger partial charge is 0.504 e. The molecule has 0 aromatic heterocycles. The fourth-order valence-electron chi connectivity index (χ4n) is 2.21. The van der Waals surface area contributed by atoms with Gasteiger partial charge in [0.05, 0.1) is 16.5 Å². The van der Waals surface area contributed by atoms with E-state index in [4.69, 9.17) is 28.3 Å². The van der Waals surface area contributed by atoms with Crippen molar-refractivity contribution >= 4 is 44.8 Å². The second-order valence-electron chi connectivity index (χ2n) is 4.66. The first-order valence-electron chi connectivity index (χ1n) is 5.66. The zero-order valence-electron chi connectivity index (χ0n) is 10.2. The number of hydrogen-bond donors (Lipinski definition) is 2. The first-order valence-corrected chi connectivity index (χ1v) is 8.13. The van der Waals surface area contributed by atoms with Crippen LogP contribution in [0, 0.1) is 5.92 Å². The lowest BCUT2D eigenvalue weighted by atomic mass is 10.1. The van der Waals surface area contributed by atoms with Crippen LogP contribution in [-0.4, -0.2) is 31.7 Å². The molecule has 3 N–H and O–H groups in total. The van der Waals surface area contributed by atoms with E-state index >= 15 is 0 Å². The predicted molar refractivity (Wildman–Crippen MR) is 76.6 cm³/mol. The van der Waals surface area contributed by atoms with Crippen molar-refractivity contribution in [2.24, 2.45) is 11.1 Å². The third-order valence-electron chi connectivity index (χ3n) is 2.97. The molecule has 1 aliphatic rings. The van der Waals surface area contributed by atoms with E-state index in [0.29, 0.717) is 0 Å². The van der Waals surface area contributed by atoms with Crippen molar-refractivity contribution in [3.63, 3.8) is 0 Å². The molecule has 1 aromatic carbocycles. The van der Waals surface area contributed by atoms with E-state index in [1.165, 1.54) is 17.0 Å². The summed E-state index contributed by atoms with van der Waals surface area (Å²) in [5.74, 6) is -1.28. The summed E-state index contributed by atoms with van der Waals surface area (Å²) in [7, 11) is -3.66. The topological polar surface area (TPSA) is 101 Å². The van der Waals surface area contributed by atoms with Gasteiger partial charge < -0.3 is 10.0 Å². The van der Waals surface area contributed by atoms with Gasteiger partial charge >= 0.3 is 0 Å². The summed E-state index contributed by atoms with van der Waals surface area (Å²) in [6.45, 7) is 0.138. The third kappa shape index (κ3) is 3.35. The summed E-state index contributed by atoms with van der Waals surface area (Å²) >= 11 is 11.6. The monoisotopic (exact) mass is 338 g/mol. The highest BCUT2D eigenvalue weighted by Crippen LogP contribution is 2.39. The molecule has 1 fully saturated rings. The number of carbonyl (C=O) groups excluding carboxylic acids is 1. The summed E-state index contributed by atoms with van der Waals surface area (Å²) in [5.41, 5.74) is 0.171. The Balaban J connectivity index is 2.29. The number of nitrogens with two attached hydrogens (primary N) is 1. The summed E-state index contributed by atoms with van der Waals surface area (Å²) in [6.07, 6.45) is 0.0417. The van der Waals surface area contributed by atoms with Crippen LogP contribution in [0.1, 0.15) is 6.42 Å². The molecule has 9 heteroatoms. The molecule has 1 unspecified atom stereocenters. The number of carbonyl (C=O) groups is 1. The van der Waals surface area contributed by atoms with E-state index in [1.54, 1.807) is 0 Å². The highest BCUT2D eigenvalue weighted by molar-refractivity contribution is 7.89. The number of nitrogens with zero attached hydrogens (tertiary/aromatic N) is 1. The molecule has 1 amide bonds. The minimum atomic E-state index is -3.66. The Bertz CT molecular complexity index is 663. The van der Waals surface area contributed by atoms with Crippen molar-refractivity contribution < 1.29 is 18.3 Å². The normalized spacial score (nSPS) is 19.6. The van der Waals surface area contributed by atoms with E-state index in [0.717, 1.165) is 0 Å². The minimum absolute atomic E-state index is 0.0233. The van der Waals surface area contributed by atoms with Crippen LogP contribution in [-0.2, 0) is 14.8 Å². The summed E-state index contributed by atoms with van der Waals surface area (Å²) in [6, 6.07) is 2.75. The molecule has 2 rings (SSSR count). The number of rotatable bonds is 3. The molecule has 1 atom stereocenters. The smallest absolute Gasteiger partial charge is 0.227 e. The molecule has 0 saturated carbocycles. The fraction of sp³-hybridized carbons (Fsp3) is 0.364. The Hall–Kier alpha value is -1.02. The van der Waals surface area contributed by atoms with Crippen LogP contribution in [0.2, 0.25) is 10.0 Å².